The van der Waals surface area contributed by atoms with Crippen molar-refractivity contribution in [2.24, 2.45) is 5.92 Å². The van der Waals surface area contributed by atoms with Gasteiger partial charge in [0, 0.05) is 24.8 Å². The third-order valence-electron chi connectivity index (χ3n) is 2.43. The quantitative estimate of drug-likeness (QED) is 0.629. The fourth-order valence-electron chi connectivity index (χ4n) is 1.45. The first-order valence-electron chi connectivity index (χ1n) is 4.45. The highest BCUT2D eigenvalue weighted by Crippen LogP contribution is 2.23. The van der Waals surface area contributed by atoms with Gasteiger partial charge in [0.05, 0.1) is 6.04 Å². The Kier molecular flexibility index (Phi) is 2.56. The molecular weight excluding hydrogens is 172 g/mol. The second-order valence-corrected chi connectivity index (χ2v) is 4.57. The Balaban J connectivity index is 1.74. The number of hydrogen-bond acceptors (Lipinski definition) is 3. The van der Waals surface area contributed by atoms with Crippen LogP contribution in [0.25, 0.3) is 0 Å². The lowest BCUT2D eigenvalue weighted by atomic mass is 10.1. The van der Waals surface area contributed by atoms with Gasteiger partial charge in [0.1, 0.15) is 0 Å². The molecule has 2 saturated heterocycles. The van der Waals surface area contributed by atoms with Crippen LogP contribution in [0.3, 0.4) is 0 Å². The molecule has 1 atom stereocenters. The van der Waals surface area contributed by atoms with E-state index in [-0.39, 0.29) is 11.8 Å². The van der Waals surface area contributed by atoms with Crippen molar-refractivity contribution in [2.75, 3.05) is 24.6 Å². The normalized spacial score (nSPS) is 29.8. The minimum atomic E-state index is 0.270. The lowest BCUT2D eigenvalue weighted by molar-refractivity contribution is -0.125. The zero-order valence-corrected chi connectivity index (χ0v) is 7.82. The van der Waals surface area contributed by atoms with E-state index >= 15 is 0 Å². The number of amides is 1. The predicted molar refractivity (Wildman–Crippen MR) is 50.2 cm³/mol. The minimum absolute atomic E-state index is 0.270. The average Bonchev–Trinajstić information content (AvgIpc) is 2.47. The third kappa shape index (κ3) is 1.75. The van der Waals surface area contributed by atoms with Gasteiger partial charge < -0.3 is 10.6 Å². The summed E-state index contributed by atoms with van der Waals surface area (Å²) in [5, 5.41) is 6.18. The van der Waals surface area contributed by atoms with Gasteiger partial charge in [-0.25, -0.2) is 0 Å². The van der Waals surface area contributed by atoms with Crippen molar-refractivity contribution < 1.29 is 4.79 Å². The molecule has 0 aromatic carbocycles. The summed E-state index contributed by atoms with van der Waals surface area (Å²) in [5.41, 5.74) is 0. The van der Waals surface area contributed by atoms with Crippen LogP contribution < -0.4 is 10.6 Å². The first-order valence-corrected chi connectivity index (χ1v) is 5.60. The van der Waals surface area contributed by atoms with Gasteiger partial charge in [-0.3, -0.25) is 4.79 Å². The van der Waals surface area contributed by atoms with Crippen molar-refractivity contribution in [1.82, 2.24) is 10.6 Å². The third-order valence-corrected chi connectivity index (χ3v) is 3.59. The second kappa shape index (κ2) is 3.66. The number of nitrogens with one attached hydrogen (secondary N) is 2. The molecule has 3 nitrogen and oxygen atoms in total. The summed E-state index contributed by atoms with van der Waals surface area (Å²) in [7, 11) is 0. The molecule has 0 aromatic rings. The van der Waals surface area contributed by atoms with Gasteiger partial charge in [0.2, 0.25) is 5.91 Å². The molecule has 2 rings (SSSR count). The smallest absolute Gasteiger partial charge is 0.224 e. The summed E-state index contributed by atoms with van der Waals surface area (Å²) in [6.45, 7) is 1.90. The van der Waals surface area contributed by atoms with Gasteiger partial charge in [-0.15, -0.1) is 0 Å². The number of thioether (sulfide) groups is 1. The van der Waals surface area contributed by atoms with Crippen LogP contribution in [0.2, 0.25) is 0 Å². The van der Waals surface area contributed by atoms with Crippen LogP contribution in [0.1, 0.15) is 6.42 Å². The Morgan fingerprint density at radius 3 is 2.83 bits per heavy atom. The van der Waals surface area contributed by atoms with Crippen LogP contribution in [-0.4, -0.2) is 36.5 Å². The van der Waals surface area contributed by atoms with Crippen LogP contribution in [0.4, 0.5) is 0 Å². The molecule has 0 radical (unpaired) electrons. The predicted octanol–water partition coefficient (Wildman–Crippen LogP) is -0.173. The highest BCUT2D eigenvalue weighted by molar-refractivity contribution is 7.99. The Labute approximate surface area is 76.7 Å². The van der Waals surface area contributed by atoms with Crippen LogP contribution in [0.15, 0.2) is 0 Å². The Hall–Kier alpha value is -0.220. The van der Waals surface area contributed by atoms with E-state index in [4.69, 9.17) is 0 Å². The fraction of sp³-hybridized carbons (Fsp3) is 0.875. The lowest BCUT2D eigenvalue weighted by Gasteiger charge is -2.28. The molecule has 2 heterocycles. The highest BCUT2D eigenvalue weighted by atomic mass is 32.2. The zero-order valence-electron chi connectivity index (χ0n) is 7.01. The summed E-state index contributed by atoms with van der Waals surface area (Å²) >= 11 is 1.89. The molecule has 0 saturated carbocycles. The van der Waals surface area contributed by atoms with E-state index in [0.29, 0.717) is 6.04 Å². The van der Waals surface area contributed by atoms with E-state index in [0.717, 1.165) is 31.0 Å². The Morgan fingerprint density at radius 2 is 2.33 bits per heavy atom. The maximum Gasteiger partial charge on any atom is 0.224 e. The number of carbonyl (C=O) groups excluding carboxylic acids is 1. The number of hydrogen-bond donors (Lipinski definition) is 2. The van der Waals surface area contributed by atoms with Crippen molar-refractivity contribution in [3.05, 3.63) is 0 Å². The first kappa shape index (κ1) is 8.38. The molecule has 4 heteroatoms. The molecule has 2 aliphatic heterocycles. The lowest BCUT2D eigenvalue weighted by Crippen LogP contribution is -2.57. The molecule has 0 spiro atoms. The fourth-order valence-corrected chi connectivity index (χ4v) is 2.67. The molecule has 2 aliphatic rings. The molecule has 1 unspecified atom stereocenters. The van der Waals surface area contributed by atoms with Gasteiger partial charge in [0.25, 0.3) is 0 Å². The van der Waals surface area contributed by atoms with E-state index < -0.39 is 0 Å². The SMILES string of the molecule is O=C(NC1CNC1)C1CCSC1. The maximum absolute atomic E-state index is 11.5. The zero-order chi connectivity index (χ0) is 8.39. The van der Waals surface area contributed by atoms with Crippen molar-refractivity contribution in [2.45, 2.75) is 12.5 Å². The summed E-state index contributed by atoms with van der Waals surface area (Å²) in [4.78, 5) is 11.5. The van der Waals surface area contributed by atoms with E-state index in [1.165, 1.54) is 0 Å². The highest BCUT2D eigenvalue weighted by Gasteiger charge is 2.26. The van der Waals surface area contributed by atoms with Crippen LogP contribution in [0.5, 0.6) is 0 Å². The summed E-state index contributed by atoms with van der Waals surface area (Å²) < 4.78 is 0. The van der Waals surface area contributed by atoms with Crippen molar-refractivity contribution in [3.63, 3.8) is 0 Å². The van der Waals surface area contributed by atoms with Crippen molar-refractivity contribution in [1.29, 1.82) is 0 Å². The van der Waals surface area contributed by atoms with Crippen molar-refractivity contribution >= 4 is 17.7 Å². The molecule has 12 heavy (non-hydrogen) atoms. The molecule has 0 aliphatic carbocycles. The molecule has 68 valence electrons. The Morgan fingerprint density at radius 1 is 1.50 bits per heavy atom. The molecule has 2 N–H and O–H groups in total. The monoisotopic (exact) mass is 186 g/mol. The molecule has 2 fully saturated rings. The van der Waals surface area contributed by atoms with Crippen molar-refractivity contribution in [3.8, 4) is 0 Å². The largest absolute Gasteiger partial charge is 0.351 e. The van der Waals surface area contributed by atoms with Crippen LogP contribution >= 0.6 is 11.8 Å². The van der Waals surface area contributed by atoms with Gasteiger partial charge in [-0.05, 0) is 12.2 Å². The van der Waals surface area contributed by atoms with Crippen LogP contribution in [0, 0.1) is 5.92 Å². The Bertz CT molecular complexity index is 176. The summed E-state index contributed by atoms with van der Waals surface area (Å²) in [6, 6.07) is 0.406. The van der Waals surface area contributed by atoms with E-state index in [9.17, 15) is 4.79 Å². The van der Waals surface area contributed by atoms with Gasteiger partial charge in [0.15, 0.2) is 0 Å². The first-order chi connectivity index (χ1) is 5.86. The minimum Gasteiger partial charge on any atom is -0.351 e. The average molecular weight is 186 g/mol. The van der Waals surface area contributed by atoms with E-state index in [2.05, 4.69) is 10.6 Å². The van der Waals surface area contributed by atoms with E-state index in [1.807, 2.05) is 11.8 Å². The molecule has 0 aromatic heterocycles. The molecular formula is C8H14N2OS. The van der Waals surface area contributed by atoms with Gasteiger partial charge >= 0.3 is 0 Å². The topological polar surface area (TPSA) is 41.1 Å². The van der Waals surface area contributed by atoms with E-state index in [1.54, 1.807) is 0 Å². The maximum atomic E-state index is 11.5. The summed E-state index contributed by atoms with van der Waals surface area (Å²) in [5.74, 6) is 2.73. The molecule has 1 amide bonds. The van der Waals surface area contributed by atoms with Gasteiger partial charge in [-0.2, -0.15) is 11.8 Å². The number of rotatable bonds is 2. The van der Waals surface area contributed by atoms with Crippen LogP contribution in [-0.2, 0) is 4.79 Å². The molecule has 0 bridgehead atoms. The second-order valence-electron chi connectivity index (χ2n) is 3.42. The number of carbonyl (C=O) groups is 1. The van der Waals surface area contributed by atoms with Gasteiger partial charge in [-0.1, -0.05) is 0 Å². The standard InChI is InChI=1S/C8H14N2OS/c11-8(6-1-2-12-5-6)10-7-3-9-4-7/h6-7,9H,1-5H2,(H,10,11). The summed E-state index contributed by atoms with van der Waals surface area (Å²) in [6.07, 6.45) is 1.07.